The van der Waals surface area contributed by atoms with Gasteiger partial charge in [0.15, 0.2) is 6.10 Å². The summed E-state index contributed by atoms with van der Waals surface area (Å²) >= 11 is 0. The molecule has 0 fully saturated rings. The fourth-order valence-corrected chi connectivity index (χ4v) is 10.1. The third kappa shape index (κ3) is 65.5. The number of carbonyl (C=O) groups is 3. The number of hydrogen-bond donors (Lipinski definition) is 0. The Bertz CT molecular complexity index is 1450. The second kappa shape index (κ2) is 67.4. The Morgan fingerprint density at radius 1 is 0.266 bits per heavy atom. The van der Waals surface area contributed by atoms with Crippen LogP contribution in [0.2, 0.25) is 0 Å². The number of ether oxygens (including phenoxy) is 3. The van der Waals surface area contributed by atoms with Gasteiger partial charge in [0, 0.05) is 19.3 Å². The van der Waals surface area contributed by atoms with Gasteiger partial charge in [0.05, 0.1) is 0 Å². The number of unbranched alkanes of at least 4 members (excludes halogenated alkanes) is 40. The predicted octanol–water partition coefficient (Wildman–Crippen LogP) is 23.7. The van der Waals surface area contributed by atoms with Gasteiger partial charge < -0.3 is 14.2 Å². The van der Waals surface area contributed by atoms with Crippen LogP contribution in [0.1, 0.15) is 355 Å². The van der Waals surface area contributed by atoms with Gasteiger partial charge in [-0.25, -0.2) is 0 Å². The molecular weight excluding hydrogens is 973 g/mol. The average molecular weight is 1100 g/mol. The first-order chi connectivity index (χ1) is 39.0. The molecule has 0 aromatic carbocycles. The molecule has 6 nitrogen and oxygen atoms in total. The van der Waals surface area contributed by atoms with Crippen LogP contribution in [0.25, 0.3) is 0 Å². The average Bonchev–Trinajstić information content (AvgIpc) is 3.45. The van der Waals surface area contributed by atoms with E-state index in [-0.39, 0.29) is 31.1 Å². The van der Waals surface area contributed by atoms with Gasteiger partial charge in [-0.05, 0) is 89.9 Å². The Morgan fingerprint density at radius 3 is 0.810 bits per heavy atom. The molecule has 0 bridgehead atoms. The van der Waals surface area contributed by atoms with Crippen LogP contribution in [-0.4, -0.2) is 37.2 Å². The Labute approximate surface area is 491 Å². The lowest BCUT2D eigenvalue weighted by molar-refractivity contribution is -0.167. The summed E-state index contributed by atoms with van der Waals surface area (Å²) in [6, 6.07) is 0. The fourth-order valence-electron chi connectivity index (χ4n) is 10.1. The minimum absolute atomic E-state index is 0.0780. The molecule has 6 heteroatoms. The zero-order valence-electron chi connectivity index (χ0n) is 52.6. The molecule has 0 aromatic heterocycles. The van der Waals surface area contributed by atoms with Crippen molar-refractivity contribution in [1.82, 2.24) is 0 Å². The number of carbonyl (C=O) groups excluding carboxylic acids is 3. The summed E-state index contributed by atoms with van der Waals surface area (Å²) in [5, 5.41) is 0. The third-order valence-electron chi connectivity index (χ3n) is 15.2. The summed E-state index contributed by atoms with van der Waals surface area (Å²) in [5.74, 6) is -0.873. The van der Waals surface area contributed by atoms with Crippen molar-refractivity contribution >= 4 is 17.9 Å². The minimum Gasteiger partial charge on any atom is -0.462 e. The van der Waals surface area contributed by atoms with Crippen molar-refractivity contribution in [2.75, 3.05) is 13.2 Å². The maximum absolute atomic E-state index is 12.9. The zero-order valence-corrected chi connectivity index (χ0v) is 52.6. The van der Waals surface area contributed by atoms with Crippen molar-refractivity contribution in [2.45, 2.75) is 361 Å². The monoisotopic (exact) mass is 1100 g/mol. The fraction of sp³-hybridized carbons (Fsp3) is 0.795. The quantitative estimate of drug-likeness (QED) is 0.0261. The highest BCUT2D eigenvalue weighted by atomic mass is 16.6. The molecular formula is C73H130O6. The molecule has 0 aliphatic rings. The SMILES string of the molecule is CC/C=C\C/C=C\C/C=C\C/C=C\C/C=C\CCCCCCCCCCCC(=O)OCC(COC(=O)CCCCCCC/C=C\CCCCC)OC(=O)CCCCCCCCCCCCCCCCCCCCCCCCCC. The molecule has 1 atom stereocenters. The van der Waals surface area contributed by atoms with E-state index in [1.54, 1.807) is 0 Å². The van der Waals surface area contributed by atoms with Crippen LogP contribution in [0.15, 0.2) is 72.9 Å². The van der Waals surface area contributed by atoms with E-state index in [9.17, 15) is 14.4 Å². The summed E-state index contributed by atoms with van der Waals surface area (Å²) in [6.45, 7) is 6.54. The molecule has 0 heterocycles. The van der Waals surface area contributed by atoms with Crippen molar-refractivity contribution in [1.29, 1.82) is 0 Å². The maximum atomic E-state index is 12.9. The van der Waals surface area contributed by atoms with E-state index >= 15 is 0 Å². The lowest BCUT2D eigenvalue weighted by Crippen LogP contribution is -2.30. The first kappa shape index (κ1) is 75.8. The molecule has 0 aliphatic heterocycles. The van der Waals surface area contributed by atoms with E-state index in [2.05, 4.69) is 93.7 Å². The van der Waals surface area contributed by atoms with Crippen LogP contribution in [0, 0.1) is 0 Å². The van der Waals surface area contributed by atoms with E-state index in [0.29, 0.717) is 19.3 Å². The van der Waals surface area contributed by atoms with Crippen LogP contribution < -0.4 is 0 Å². The first-order valence-corrected chi connectivity index (χ1v) is 34.4. The van der Waals surface area contributed by atoms with E-state index in [1.807, 2.05) is 0 Å². The molecule has 79 heavy (non-hydrogen) atoms. The van der Waals surface area contributed by atoms with Crippen LogP contribution in [0.4, 0.5) is 0 Å². The molecule has 0 saturated heterocycles. The Balaban J connectivity index is 4.26. The van der Waals surface area contributed by atoms with Crippen molar-refractivity contribution in [2.24, 2.45) is 0 Å². The molecule has 0 saturated carbocycles. The number of rotatable bonds is 63. The zero-order chi connectivity index (χ0) is 57.1. The largest absolute Gasteiger partial charge is 0.462 e. The van der Waals surface area contributed by atoms with Crippen LogP contribution in [0.5, 0.6) is 0 Å². The van der Waals surface area contributed by atoms with E-state index < -0.39 is 6.10 Å². The van der Waals surface area contributed by atoms with Gasteiger partial charge in [0.2, 0.25) is 0 Å². The number of allylic oxidation sites excluding steroid dienone is 12. The van der Waals surface area contributed by atoms with Crippen LogP contribution in [-0.2, 0) is 28.6 Å². The second-order valence-corrected chi connectivity index (χ2v) is 23.1. The van der Waals surface area contributed by atoms with Crippen LogP contribution >= 0.6 is 0 Å². The lowest BCUT2D eigenvalue weighted by atomic mass is 10.0. The third-order valence-corrected chi connectivity index (χ3v) is 15.2. The first-order valence-electron chi connectivity index (χ1n) is 34.4. The topological polar surface area (TPSA) is 78.9 Å². The number of hydrogen-bond acceptors (Lipinski definition) is 6. The maximum Gasteiger partial charge on any atom is 0.306 e. The summed E-state index contributed by atoms with van der Waals surface area (Å²) < 4.78 is 17.0. The van der Waals surface area contributed by atoms with Crippen molar-refractivity contribution in [3.8, 4) is 0 Å². The minimum atomic E-state index is -0.781. The summed E-state index contributed by atoms with van der Waals surface area (Å²) in [6.07, 6.45) is 87.8. The molecule has 1 unspecified atom stereocenters. The lowest BCUT2D eigenvalue weighted by Gasteiger charge is -2.18. The van der Waals surface area contributed by atoms with Gasteiger partial charge in [-0.2, -0.15) is 0 Å². The van der Waals surface area contributed by atoms with Gasteiger partial charge in [-0.3, -0.25) is 14.4 Å². The second-order valence-electron chi connectivity index (χ2n) is 23.1. The van der Waals surface area contributed by atoms with Gasteiger partial charge >= 0.3 is 17.9 Å². The van der Waals surface area contributed by atoms with Crippen molar-refractivity contribution < 1.29 is 28.6 Å². The Morgan fingerprint density at radius 2 is 0.494 bits per heavy atom. The normalized spacial score (nSPS) is 12.5. The smallest absolute Gasteiger partial charge is 0.306 e. The predicted molar refractivity (Wildman–Crippen MR) is 344 cm³/mol. The Kier molecular flexibility index (Phi) is 64.7. The molecule has 0 N–H and O–H groups in total. The molecule has 0 spiro atoms. The molecule has 0 radical (unpaired) electrons. The highest BCUT2D eigenvalue weighted by Crippen LogP contribution is 2.18. The van der Waals surface area contributed by atoms with Gasteiger partial charge in [-0.15, -0.1) is 0 Å². The highest BCUT2D eigenvalue weighted by Gasteiger charge is 2.19. The van der Waals surface area contributed by atoms with Crippen LogP contribution in [0.3, 0.4) is 0 Å². The van der Waals surface area contributed by atoms with Gasteiger partial charge in [0.1, 0.15) is 13.2 Å². The Hall–Kier alpha value is -3.15. The van der Waals surface area contributed by atoms with Gasteiger partial charge in [0.25, 0.3) is 0 Å². The highest BCUT2D eigenvalue weighted by molar-refractivity contribution is 5.71. The molecule has 458 valence electrons. The summed E-state index contributed by atoms with van der Waals surface area (Å²) in [4.78, 5) is 38.4. The standard InChI is InChI=1S/C73H130O6/c1-4-7-10-13-16-19-22-25-27-29-31-33-35-37-39-40-42-44-46-48-51-54-57-60-63-66-72(75)78-69-70(68-77-71(74)65-62-59-56-53-50-24-21-18-15-12-9-6-3)79-73(76)67-64-61-58-55-52-49-47-45-43-41-38-36-34-32-30-28-26-23-20-17-14-11-8-5-2/h7,10,16,18-19,21,25,27,31,33,37,39,70H,4-6,8-9,11-15,17,20,22-24,26,28-30,32,34-36,38,40-69H2,1-3H3/b10-7-,19-16-,21-18-,27-25-,33-31-,39-37-. The van der Waals surface area contributed by atoms with Crippen molar-refractivity contribution in [3.05, 3.63) is 72.9 Å². The number of esters is 3. The van der Waals surface area contributed by atoms with E-state index in [1.165, 1.54) is 212 Å². The van der Waals surface area contributed by atoms with Crippen molar-refractivity contribution in [3.63, 3.8) is 0 Å². The molecule has 0 amide bonds. The van der Waals surface area contributed by atoms with Gasteiger partial charge in [-0.1, -0.05) is 318 Å². The summed E-state index contributed by atoms with van der Waals surface area (Å²) in [5.41, 5.74) is 0. The van der Waals surface area contributed by atoms with E-state index in [0.717, 1.165) is 103 Å². The molecule has 0 aromatic rings. The molecule has 0 aliphatic carbocycles. The van der Waals surface area contributed by atoms with E-state index in [4.69, 9.17) is 14.2 Å². The summed E-state index contributed by atoms with van der Waals surface area (Å²) in [7, 11) is 0. The molecule has 0 rings (SSSR count).